The standard InChI is InChI=1S/C14H20FNO2/c1-10(2)16(3)9-12-8-11(4-6-13(12)15)5-7-14(17)18/h4,6,8,10H,5,7,9H2,1-3H3,(H,17,18). The van der Waals surface area contributed by atoms with Gasteiger partial charge in [-0.1, -0.05) is 12.1 Å². The second-order valence-electron chi connectivity index (χ2n) is 4.83. The predicted octanol–water partition coefficient (Wildman–Crippen LogP) is 2.68. The lowest BCUT2D eigenvalue weighted by molar-refractivity contribution is -0.136. The van der Waals surface area contributed by atoms with Crippen molar-refractivity contribution in [3.8, 4) is 0 Å². The summed E-state index contributed by atoms with van der Waals surface area (Å²) in [5, 5.41) is 8.63. The number of carboxylic acids is 1. The molecule has 0 radical (unpaired) electrons. The topological polar surface area (TPSA) is 40.5 Å². The number of carboxylic acid groups (broad SMARTS) is 1. The highest BCUT2D eigenvalue weighted by Gasteiger charge is 2.09. The zero-order chi connectivity index (χ0) is 13.7. The lowest BCUT2D eigenvalue weighted by Crippen LogP contribution is -2.26. The molecular weight excluding hydrogens is 233 g/mol. The van der Waals surface area contributed by atoms with E-state index in [4.69, 9.17) is 5.11 Å². The number of rotatable bonds is 6. The third-order valence-corrected chi connectivity index (χ3v) is 3.04. The molecule has 0 amide bonds. The van der Waals surface area contributed by atoms with Crippen LogP contribution >= 0.6 is 0 Å². The van der Waals surface area contributed by atoms with E-state index in [1.807, 2.05) is 25.8 Å². The monoisotopic (exact) mass is 253 g/mol. The molecule has 4 heteroatoms. The van der Waals surface area contributed by atoms with E-state index in [0.29, 0.717) is 24.6 Å². The highest BCUT2D eigenvalue weighted by molar-refractivity contribution is 5.67. The third-order valence-electron chi connectivity index (χ3n) is 3.04. The van der Waals surface area contributed by atoms with Crippen LogP contribution in [0.3, 0.4) is 0 Å². The Hall–Kier alpha value is -1.42. The fraction of sp³-hybridized carbons (Fsp3) is 0.500. The molecule has 1 aromatic carbocycles. The van der Waals surface area contributed by atoms with E-state index in [1.54, 1.807) is 12.1 Å². The molecule has 1 N–H and O–H groups in total. The number of aryl methyl sites for hydroxylation is 1. The second kappa shape index (κ2) is 6.50. The molecule has 0 aliphatic heterocycles. The maximum atomic E-state index is 13.6. The van der Waals surface area contributed by atoms with Gasteiger partial charge in [0.15, 0.2) is 0 Å². The Morgan fingerprint density at radius 1 is 1.44 bits per heavy atom. The summed E-state index contributed by atoms with van der Waals surface area (Å²) in [6.07, 6.45) is 0.513. The maximum Gasteiger partial charge on any atom is 0.303 e. The Balaban J connectivity index is 2.77. The van der Waals surface area contributed by atoms with E-state index < -0.39 is 5.97 Å². The molecule has 1 rings (SSSR count). The van der Waals surface area contributed by atoms with Crippen LogP contribution in [0.1, 0.15) is 31.4 Å². The summed E-state index contributed by atoms with van der Waals surface area (Å²) >= 11 is 0. The average Bonchev–Trinajstić information content (AvgIpc) is 2.29. The van der Waals surface area contributed by atoms with E-state index in [-0.39, 0.29) is 12.2 Å². The average molecular weight is 253 g/mol. The molecule has 0 saturated carbocycles. The molecule has 0 unspecified atom stereocenters. The normalized spacial score (nSPS) is 11.2. The Bertz CT molecular complexity index is 418. The summed E-state index contributed by atoms with van der Waals surface area (Å²) in [6.45, 7) is 4.63. The molecule has 0 aromatic heterocycles. The van der Waals surface area contributed by atoms with Gasteiger partial charge in [-0.3, -0.25) is 9.69 Å². The van der Waals surface area contributed by atoms with Crippen LogP contribution in [0.15, 0.2) is 18.2 Å². The smallest absolute Gasteiger partial charge is 0.303 e. The molecule has 0 saturated heterocycles. The maximum absolute atomic E-state index is 13.6. The number of halogens is 1. The van der Waals surface area contributed by atoms with Crippen LogP contribution < -0.4 is 0 Å². The minimum atomic E-state index is -0.833. The predicted molar refractivity (Wildman–Crippen MR) is 69.0 cm³/mol. The van der Waals surface area contributed by atoms with Crippen molar-refractivity contribution in [2.75, 3.05) is 7.05 Å². The van der Waals surface area contributed by atoms with Gasteiger partial charge in [0.25, 0.3) is 0 Å². The third kappa shape index (κ3) is 4.45. The minimum Gasteiger partial charge on any atom is -0.481 e. The summed E-state index contributed by atoms with van der Waals surface area (Å²) in [4.78, 5) is 12.6. The van der Waals surface area contributed by atoms with E-state index >= 15 is 0 Å². The summed E-state index contributed by atoms with van der Waals surface area (Å²) in [5.41, 5.74) is 1.49. The first-order valence-corrected chi connectivity index (χ1v) is 6.09. The van der Waals surface area contributed by atoms with E-state index in [0.717, 1.165) is 5.56 Å². The van der Waals surface area contributed by atoms with Crippen molar-refractivity contribution in [1.29, 1.82) is 0 Å². The van der Waals surface area contributed by atoms with Crippen molar-refractivity contribution in [2.45, 2.75) is 39.3 Å². The SMILES string of the molecule is CC(C)N(C)Cc1cc(CCC(=O)O)ccc1F. The molecule has 1 aromatic rings. The zero-order valence-electron chi connectivity index (χ0n) is 11.1. The number of carbonyl (C=O) groups is 1. The van der Waals surface area contributed by atoms with Gasteiger partial charge in [-0.2, -0.15) is 0 Å². The van der Waals surface area contributed by atoms with Gasteiger partial charge in [-0.05, 0) is 38.9 Å². The number of nitrogens with zero attached hydrogens (tertiary/aromatic N) is 1. The summed E-state index contributed by atoms with van der Waals surface area (Å²) in [7, 11) is 1.94. The molecule has 0 spiro atoms. The van der Waals surface area contributed by atoms with Gasteiger partial charge in [0.1, 0.15) is 5.82 Å². The highest BCUT2D eigenvalue weighted by Crippen LogP contribution is 2.15. The summed E-state index contributed by atoms with van der Waals surface area (Å²) < 4.78 is 13.6. The molecule has 18 heavy (non-hydrogen) atoms. The zero-order valence-corrected chi connectivity index (χ0v) is 11.1. The van der Waals surface area contributed by atoms with Crippen molar-refractivity contribution in [1.82, 2.24) is 4.90 Å². The van der Waals surface area contributed by atoms with Crippen molar-refractivity contribution < 1.29 is 14.3 Å². The largest absolute Gasteiger partial charge is 0.481 e. The molecule has 0 fully saturated rings. The molecule has 0 aliphatic rings. The van der Waals surface area contributed by atoms with Gasteiger partial charge < -0.3 is 5.11 Å². The van der Waals surface area contributed by atoms with Crippen LogP contribution in [-0.2, 0) is 17.8 Å². The molecule has 0 bridgehead atoms. The Labute approximate surface area is 107 Å². The first-order valence-electron chi connectivity index (χ1n) is 6.09. The van der Waals surface area contributed by atoms with Crippen LogP contribution in [0.4, 0.5) is 4.39 Å². The van der Waals surface area contributed by atoms with Crippen LogP contribution in [0.25, 0.3) is 0 Å². The van der Waals surface area contributed by atoms with Crippen molar-refractivity contribution >= 4 is 5.97 Å². The molecule has 0 aliphatic carbocycles. The lowest BCUT2D eigenvalue weighted by Gasteiger charge is -2.21. The first-order chi connectivity index (χ1) is 8.40. The first kappa shape index (κ1) is 14.6. The van der Waals surface area contributed by atoms with Gasteiger partial charge >= 0.3 is 5.97 Å². The molecule has 0 heterocycles. The number of hydrogen-bond acceptors (Lipinski definition) is 2. The molecule has 100 valence electrons. The van der Waals surface area contributed by atoms with Gasteiger partial charge in [-0.25, -0.2) is 4.39 Å². The Morgan fingerprint density at radius 3 is 2.67 bits per heavy atom. The molecule has 3 nitrogen and oxygen atoms in total. The van der Waals surface area contributed by atoms with E-state index in [9.17, 15) is 9.18 Å². The van der Waals surface area contributed by atoms with Crippen LogP contribution in [-0.4, -0.2) is 29.1 Å². The molecular formula is C14H20FNO2. The Kier molecular flexibility index (Phi) is 5.28. The van der Waals surface area contributed by atoms with Crippen LogP contribution in [0.5, 0.6) is 0 Å². The summed E-state index contributed by atoms with van der Waals surface area (Å²) in [6, 6.07) is 5.17. The van der Waals surface area contributed by atoms with E-state index in [1.165, 1.54) is 6.07 Å². The van der Waals surface area contributed by atoms with Gasteiger partial charge in [0.2, 0.25) is 0 Å². The quantitative estimate of drug-likeness (QED) is 0.847. The molecule has 0 atom stereocenters. The fourth-order valence-corrected chi connectivity index (χ4v) is 1.61. The van der Waals surface area contributed by atoms with E-state index in [2.05, 4.69) is 0 Å². The summed E-state index contributed by atoms with van der Waals surface area (Å²) in [5.74, 6) is -1.07. The number of hydrogen-bond donors (Lipinski definition) is 1. The van der Waals surface area contributed by atoms with Gasteiger partial charge in [-0.15, -0.1) is 0 Å². The Morgan fingerprint density at radius 2 is 2.11 bits per heavy atom. The minimum absolute atomic E-state index is 0.0745. The van der Waals surface area contributed by atoms with Gasteiger partial charge in [0, 0.05) is 24.6 Å². The van der Waals surface area contributed by atoms with Crippen molar-refractivity contribution in [2.24, 2.45) is 0 Å². The van der Waals surface area contributed by atoms with Gasteiger partial charge in [0.05, 0.1) is 0 Å². The van der Waals surface area contributed by atoms with Crippen LogP contribution in [0, 0.1) is 5.82 Å². The van der Waals surface area contributed by atoms with Crippen molar-refractivity contribution in [3.05, 3.63) is 35.1 Å². The highest BCUT2D eigenvalue weighted by atomic mass is 19.1. The number of aliphatic carboxylic acids is 1. The lowest BCUT2D eigenvalue weighted by atomic mass is 10.1. The number of benzene rings is 1. The van der Waals surface area contributed by atoms with Crippen LogP contribution in [0.2, 0.25) is 0 Å². The fourth-order valence-electron chi connectivity index (χ4n) is 1.61. The van der Waals surface area contributed by atoms with Crippen molar-refractivity contribution in [3.63, 3.8) is 0 Å². The second-order valence-corrected chi connectivity index (χ2v) is 4.83.